The van der Waals surface area contributed by atoms with Crippen LogP contribution in [0.1, 0.15) is 6.42 Å². The average Bonchev–Trinajstić information content (AvgIpc) is 2.98. The molecule has 1 aromatic heterocycles. The van der Waals surface area contributed by atoms with E-state index < -0.39 is 0 Å². The molecule has 0 amide bonds. The third kappa shape index (κ3) is 1.48. The number of hydrogen-bond acceptors (Lipinski definition) is 3. The second-order valence-electron chi connectivity index (χ2n) is 4.37. The summed E-state index contributed by atoms with van der Waals surface area (Å²) >= 11 is 0. The van der Waals surface area contributed by atoms with Crippen molar-refractivity contribution < 1.29 is 4.42 Å². The molecule has 1 saturated heterocycles. The largest absolute Gasteiger partial charge is 0.462 e. The first-order chi connectivity index (χ1) is 7.86. The molecule has 3 rings (SSSR count). The molecule has 0 bridgehead atoms. The molecule has 1 unspecified atom stereocenters. The van der Waals surface area contributed by atoms with E-state index in [1.54, 1.807) is 0 Å². The maximum atomic E-state index is 5.57. The van der Waals surface area contributed by atoms with Gasteiger partial charge in [0.1, 0.15) is 11.8 Å². The van der Waals surface area contributed by atoms with Crippen LogP contribution in [0, 0.1) is 0 Å². The Balaban J connectivity index is 1.98. The van der Waals surface area contributed by atoms with Crippen LogP contribution in [0.15, 0.2) is 34.9 Å². The van der Waals surface area contributed by atoms with Gasteiger partial charge in [-0.25, -0.2) is 0 Å². The zero-order valence-corrected chi connectivity index (χ0v) is 9.44. The summed E-state index contributed by atoms with van der Waals surface area (Å²) in [6.45, 7) is 2.18. The van der Waals surface area contributed by atoms with E-state index in [9.17, 15) is 0 Å². The fraction of sp³-hybridized carbons (Fsp3) is 0.385. The number of likely N-dealkylation sites (N-methyl/N-ethyl adjacent to an activating group) is 1. The van der Waals surface area contributed by atoms with Crippen molar-refractivity contribution in [1.29, 1.82) is 0 Å². The minimum Gasteiger partial charge on any atom is -0.462 e. The van der Waals surface area contributed by atoms with Crippen molar-refractivity contribution >= 4 is 16.7 Å². The van der Waals surface area contributed by atoms with Crippen molar-refractivity contribution in [2.75, 3.05) is 25.0 Å². The number of benzene rings is 1. The van der Waals surface area contributed by atoms with Crippen molar-refractivity contribution in [2.24, 2.45) is 0 Å². The lowest BCUT2D eigenvalue weighted by Crippen LogP contribution is -2.33. The molecular formula is C13H16N2O. The maximum Gasteiger partial charge on any atom is 0.136 e. The van der Waals surface area contributed by atoms with Gasteiger partial charge in [-0.05, 0) is 25.1 Å². The van der Waals surface area contributed by atoms with Crippen LogP contribution in [0.5, 0.6) is 0 Å². The molecule has 1 N–H and O–H groups in total. The molecular weight excluding hydrogens is 200 g/mol. The van der Waals surface area contributed by atoms with Crippen LogP contribution < -0.4 is 10.2 Å². The number of fused-ring (bicyclic) bond motifs is 1. The molecule has 3 nitrogen and oxygen atoms in total. The molecule has 0 aliphatic carbocycles. The lowest BCUT2D eigenvalue weighted by atomic mass is 10.2. The van der Waals surface area contributed by atoms with E-state index in [1.165, 1.54) is 17.5 Å². The molecule has 1 fully saturated rings. The fourth-order valence-corrected chi connectivity index (χ4v) is 2.40. The van der Waals surface area contributed by atoms with Gasteiger partial charge in [-0.2, -0.15) is 0 Å². The summed E-state index contributed by atoms with van der Waals surface area (Å²) in [6.07, 6.45) is 3.07. The highest BCUT2D eigenvalue weighted by atomic mass is 16.3. The third-order valence-electron chi connectivity index (χ3n) is 3.42. The molecule has 16 heavy (non-hydrogen) atoms. The van der Waals surface area contributed by atoms with Gasteiger partial charge in [0.25, 0.3) is 0 Å². The minimum atomic E-state index is 0.584. The molecule has 1 aliphatic heterocycles. The normalized spacial score (nSPS) is 20.4. The molecule has 84 valence electrons. The molecule has 0 saturated carbocycles. The number of hydrogen-bond donors (Lipinski definition) is 1. The van der Waals surface area contributed by atoms with Gasteiger partial charge >= 0.3 is 0 Å². The van der Waals surface area contributed by atoms with Gasteiger partial charge in [0.15, 0.2) is 0 Å². The van der Waals surface area contributed by atoms with Crippen LogP contribution >= 0.6 is 0 Å². The summed E-state index contributed by atoms with van der Waals surface area (Å²) in [5.41, 5.74) is 2.17. The van der Waals surface area contributed by atoms with E-state index in [2.05, 4.69) is 29.4 Å². The Morgan fingerprint density at radius 2 is 2.25 bits per heavy atom. The SMILES string of the molecule is CN(c1coc2ccccc12)C1CCNC1. The van der Waals surface area contributed by atoms with Crippen molar-refractivity contribution in [3.8, 4) is 0 Å². The molecule has 1 atom stereocenters. The lowest BCUT2D eigenvalue weighted by molar-refractivity contribution is 0.608. The van der Waals surface area contributed by atoms with Crippen LogP contribution in [0.4, 0.5) is 5.69 Å². The fourth-order valence-electron chi connectivity index (χ4n) is 2.40. The number of rotatable bonds is 2. The molecule has 2 heterocycles. The van der Waals surface area contributed by atoms with Gasteiger partial charge in [-0.3, -0.25) is 0 Å². The number of nitrogens with zero attached hydrogens (tertiary/aromatic N) is 1. The molecule has 3 heteroatoms. The van der Waals surface area contributed by atoms with Crippen LogP contribution in [0.2, 0.25) is 0 Å². The van der Waals surface area contributed by atoms with Gasteiger partial charge in [0, 0.05) is 25.0 Å². The summed E-state index contributed by atoms with van der Waals surface area (Å²) in [5, 5.41) is 4.60. The number of furan rings is 1. The predicted octanol–water partition coefficient (Wildman–Crippen LogP) is 2.23. The van der Waals surface area contributed by atoms with Crippen LogP contribution in [-0.4, -0.2) is 26.2 Å². The Hall–Kier alpha value is -1.48. The highest BCUT2D eigenvalue weighted by molar-refractivity contribution is 5.91. The van der Waals surface area contributed by atoms with Crippen molar-refractivity contribution in [1.82, 2.24) is 5.32 Å². The number of nitrogens with one attached hydrogen (secondary N) is 1. The van der Waals surface area contributed by atoms with E-state index in [4.69, 9.17) is 4.42 Å². The average molecular weight is 216 g/mol. The van der Waals surface area contributed by atoms with Crippen LogP contribution in [-0.2, 0) is 0 Å². The second kappa shape index (κ2) is 3.83. The van der Waals surface area contributed by atoms with Gasteiger partial charge < -0.3 is 14.6 Å². The number of para-hydroxylation sites is 1. The molecule has 0 spiro atoms. The van der Waals surface area contributed by atoms with Crippen LogP contribution in [0.25, 0.3) is 11.0 Å². The van der Waals surface area contributed by atoms with Crippen LogP contribution in [0.3, 0.4) is 0 Å². The molecule has 2 aromatic rings. The highest BCUT2D eigenvalue weighted by Crippen LogP contribution is 2.30. The Morgan fingerprint density at radius 1 is 1.38 bits per heavy atom. The second-order valence-corrected chi connectivity index (χ2v) is 4.37. The Kier molecular flexibility index (Phi) is 2.33. The van der Waals surface area contributed by atoms with E-state index in [1.807, 2.05) is 18.4 Å². The van der Waals surface area contributed by atoms with Gasteiger partial charge in [0.2, 0.25) is 0 Å². The zero-order chi connectivity index (χ0) is 11.0. The zero-order valence-electron chi connectivity index (χ0n) is 9.44. The summed E-state index contributed by atoms with van der Waals surface area (Å²) in [7, 11) is 2.15. The first-order valence-electron chi connectivity index (χ1n) is 5.76. The quantitative estimate of drug-likeness (QED) is 0.834. The van der Waals surface area contributed by atoms with E-state index in [0.29, 0.717) is 6.04 Å². The van der Waals surface area contributed by atoms with Gasteiger partial charge in [-0.15, -0.1) is 0 Å². The maximum absolute atomic E-state index is 5.57. The third-order valence-corrected chi connectivity index (χ3v) is 3.42. The topological polar surface area (TPSA) is 28.4 Å². The Morgan fingerprint density at radius 3 is 3.06 bits per heavy atom. The van der Waals surface area contributed by atoms with E-state index >= 15 is 0 Å². The number of anilines is 1. The van der Waals surface area contributed by atoms with Crippen molar-refractivity contribution in [3.63, 3.8) is 0 Å². The van der Waals surface area contributed by atoms with E-state index in [-0.39, 0.29) is 0 Å². The molecule has 1 aliphatic rings. The van der Waals surface area contributed by atoms with Crippen molar-refractivity contribution in [3.05, 3.63) is 30.5 Å². The summed E-state index contributed by atoms with van der Waals surface area (Å²) in [5.74, 6) is 0. The lowest BCUT2D eigenvalue weighted by Gasteiger charge is -2.24. The summed E-state index contributed by atoms with van der Waals surface area (Å²) in [4.78, 5) is 2.33. The first-order valence-corrected chi connectivity index (χ1v) is 5.76. The molecule has 0 radical (unpaired) electrons. The standard InChI is InChI=1S/C13H16N2O/c1-15(10-6-7-14-8-10)12-9-16-13-5-3-2-4-11(12)13/h2-5,9-10,14H,6-8H2,1H3. The summed E-state index contributed by atoms with van der Waals surface area (Å²) < 4.78 is 5.57. The summed E-state index contributed by atoms with van der Waals surface area (Å²) in [6, 6.07) is 8.78. The first kappa shape index (κ1) is 9.73. The Labute approximate surface area is 95.0 Å². The predicted molar refractivity (Wildman–Crippen MR) is 65.9 cm³/mol. The van der Waals surface area contributed by atoms with Crippen molar-refractivity contribution in [2.45, 2.75) is 12.5 Å². The monoisotopic (exact) mass is 216 g/mol. The molecule has 1 aromatic carbocycles. The highest BCUT2D eigenvalue weighted by Gasteiger charge is 2.21. The Bertz CT molecular complexity index is 485. The smallest absolute Gasteiger partial charge is 0.136 e. The van der Waals surface area contributed by atoms with E-state index in [0.717, 1.165) is 18.7 Å². The van der Waals surface area contributed by atoms with Gasteiger partial charge in [0.05, 0.1) is 5.69 Å². The minimum absolute atomic E-state index is 0.584. The van der Waals surface area contributed by atoms with Gasteiger partial charge in [-0.1, -0.05) is 12.1 Å².